The second-order valence-electron chi connectivity index (χ2n) is 4.10. The molecule has 110 valence electrons. The Hall–Kier alpha value is -2.15. The van der Waals surface area contributed by atoms with Crippen molar-refractivity contribution < 1.29 is 27.3 Å². The van der Waals surface area contributed by atoms with E-state index in [9.17, 15) is 22.2 Å². The van der Waals surface area contributed by atoms with Gasteiger partial charge in [-0.2, -0.15) is 13.2 Å². The van der Waals surface area contributed by atoms with Crippen molar-refractivity contribution in [2.75, 3.05) is 0 Å². The fourth-order valence-electron chi connectivity index (χ4n) is 1.70. The lowest BCUT2D eigenvalue weighted by Crippen LogP contribution is -2.10. The third-order valence-corrected chi connectivity index (χ3v) is 4.13. The molecule has 0 bridgehead atoms. The summed E-state index contributed by atoms with van der Waals surface area (Å²) < 4.78 is 50.5. The van der Waals surface area contributed by atoms with Crippen molar-refractivity contribution in [2.24, 2.45) is 0 Å². The molecule has 0 saturated carbocycles. The van der Waals surface area contributed by atoms with E-state index in [1.807, 2.05) is 0 Å². The molecule has 0 aliphatic carbocycles. The first-order valence-electron chi connectivity index (χ1n) is 5.72. The second-order valence-corrected chi connectivity index (χ2v) is 5.54. The van der Waals surface area contributed by atoms with Crippen LogP contribution >= 0.6 is 0 Å². The second kappa shape index (κ2) is 5.69. The van der Waals surface area contributed by atoms with Gasteiger partial charge in [-0.05, 0) is 30.3 Å². The minimum atomic E-state index is -4.63. The Balaban J connectivity index is 2.59. The molecule has 1 atom stereocenters. The number of carbonyl (C=O) groups is 1. The predicted molar refractivity (Wildman–Crippen MR) is 69.5 cm³/mol. The Kier molecular flexibility index (Phi) is 4.13. The van der Waals surface area contributed by atoms with Crippen molar-refractivity contribution in [3.05, 3.63) is 59.7 Å². The van der Waals surface area contributed by atoms with Crippen molar-refractivity contribution in [3.8, 4) is 0 Å². The molecular weight excluding hydrogens is 305 g/mol. The summed E-state index contributed by atoms with van der Waals surface area (Å²) in [5, 5.41) is 9.04. The minimum Gasteiger partial charge on any atom is -0.478 e. The predicted octanol–water partition coefficient (Wildman–Crippen LogP) is 3.57. The summed E-state index contributed by atoms with van der Waals surface area (Å²) >= 11 is 0. The first-order chi connectivity index (χ1) is 9.80. The van der Waals surface area contributed by atoms with Gasteiger partial charge in [-0.25, -0.2) is 9.00 Å². The lowest BCUT2D eigenvalue weighted by molar-refractivity contribution is -0.137. The van der Waals surface area contributed by atoms with Gasteiger partial charge < -0.3 is 5.11 Å². The van der Waals surface area contributed by atoms with Crippen LogP contribution in [0.5, 0.6) is 0 Å². The summed E-state index contributed by atoms with van der Waals surface area (Å²) in [5.41, 5.74) is -1.45. The van der Waals surface area contributed by atoms with Crippen LogP contribution in [0, 0.1) is 0 Å². The maximum absolute atomic E-state index is 12.7. The maximum atomic E-state index is 12.7. The van der Waals surface area contributed by atoms with Crippen LogP contribution < -0.4 is 0 Å². The molecule has 21 heavy (non-hydrogen) atoms. The third-order valence-electron chi connectivity index (χ3n) is 2.70. The highest BCUT2D eigenvalue weighted by molar-refractivity contribution is 7.85. The van der Waals surface area contributed by atoms with Gasteiger partial charge in [-0.1, -0.05) is 18.2 Å². The highest BCUT2D eigenvalue weighted by atomic mass is 32.2. The molecule has 3 nitrogen and oxygen atoms in total. The van der Waals surface area contributed by atoms with Crippen LogP contribution in [0.25, 0.3) is 0 Å². The molecule has 0 saturated heterocycles. The fraction of sp³-hybridized carbons (Fsp3) is 0.0714. The van der Waals surface area contributed by atoms with Crippen LogP contribution in [-0.4, -0.2) is 15.3 Å². The Labute approximate surface area is 120 Å². The number of carboxylic acid groups (broad SMARTS) is 1. The standard InChI is InChI=1S/C14H9F3O3S/c15-14(16,17)9-6-7-11(13(18)19)12(8-9)21(20)10-4-2-1-3-5-10/h1-8H,(H,18,19). The molecule has 0 heterocycles. The van der Waals surface area contributed by atoms with Crippen LogP contribution in [-0.2, 0) is 17.0 Å². The number of hydrogen-bond acceptors (Lipinski definition) is 2. The molecule has 0 spiro atoms. The van der Waals surface area contributed by atoms with Gasteiger partial charge in [-0.3, -0.25) is 0 Å². The molecule has 1 unspecified atom stereocenters. The molecule has 0 aliphatic heterocycles. The average Bonchev–Trinajstić information content (AvgIpc) is 2.45. The first kappa shape index (κ1) is 15.2. The minimum absolute atomic E-state index is 0.235. The van der Waals surface area contributed by atoms with Crippen LogP contribution in [0.1, 0.15) is 15.9 Å². The summed E-state index contributed by atoms with van der Waals surface area (Å²) in [4.78, 5) is 11.0. The molecular formula is C14H9F3O3S. The number of aromatic carboxylic acids is 1. The molecule has 0 radical (unpaired) electrons. The van der Waals surface area contributed by atoms with Gasteiger partial charge in [0, 0.05) is 4.90 Å². The molecule has 0 amide bonds. The normalized spacial score (nSPS) is 12.9. The van der Waals surface area contributed by atoms with Gasteiger partial charge in [0.25, 0.3) is 0 Å². The summed E-state index contributed by atoms with van der Waals surface area (Å²) in [6.45, 7) is 0. The Morgan fingerprint density at radius 1 is 1.05 bits per heavy atom. The molecule has 0 fully saturated rings. The smallest absolute Gasteiger partial charge is 0.416 e. The Morgan fingerprint density at radius 3 is 2.19 bits per heavy atom. The average molecular weight is 314 g/mol. The monoisotopic (exact) mass is 314 g/mol. The number of halogens is 3. The highest BCUT2D eigenvalue weighted by Gasteiger charge is 2.32. The summed E-state index contributed by atoms with van der Waals surface area (Å²) in [6, 6.07) is 9.82. The molecule has 0 aromatic heterocycles. The van der Waals surface area contributed by atoms with Crippen LogP contribution in [0.2, 0.25) is 0 Å². The van der Waals surface area contributed by atoms with E-state index in [-0.39, 0.29) is 9.79 Å². The van der Waals surface area contributed by atoms with Gasteiger partial charge in [0.1, 0.15) is 0 Å². The van der Waals surface area contributed by atoms with Crippen LogP contribution in [0.4, 0.5) is 13.2 Å². The van der Waals surface area contributed by atoms with Gasteiger partial charge in [0.2, 0.25) is 0 Å². The summed E-state index contributed by atoms with van der Waals surface area (Å²) in [5.74, 6) is -1.43. The SMILES string of the molecule is O=C(O)c1ccc(C(F)(F)F)cc1S(=O)c1ccccc1. The summed E-state index contributed by atoms with van der Waals surface area (Å²) in [7, 11) is -2.00. The number of hydrogen-bond donors (Lipinski definition) is 1. The van der Waals surface area contributed by atoms with E-state index in [4.69, 9.17) is 5.11 Å². The van der Waals surface area contributed by atoms with Gasteiger partial charge >= 0.3 is 12.1 Å². The molecule has 2 rings (SSSR count). The van der Waals surface area contributed by atoms with Gasteiger partial charge in [0.15, 0.2) is 0 Å². The molecule has 1 N–H and O–H groups in total. The van der Waals surface area contributed by atoms with E-state index < -0.39 is 34.1 Å². The van der Waals surface area contributed by atoms with E-state index in [2.05, 4.69) is 0 Å². The zero-order valence-corrected chi connectivity index (χ0v) is 11.2. The van der Waals surface area contributed by atoms with E-state index in [0.29, 0.717) is 12.1 Å². The van der Waals surface area contributed by atoms with E-state index in [1.165, 1.54) is 12.1 Å². The van der Waals surface area contributed by atoms with Crippen molar-refractivity contribution >= 4 is 16.8 Å². The van der Waals surface area contributed by atoms with Crippen LogP contribution in [0.3, 0.4) is 0 Å². The quantitative estimate of drug-likeness (QED) is 0.942. The van der Waals surface area contributed by atoms with Crippen molar-refractivity contribution in [1.29, 1.82) is 0 Å². The lowest BCUT2D eigenvalue weighted by Gasteiger charge is -2.11. The van der Waals surface area contributed by atoms with Gasteiger partial charge in [-0.15, -0.1) is 0 Å². The van der Waals surface area contributed by atoms with E-state index >= 15 is 0 Å². The summed E-state index contributed by atoms with van der Waals surface area (Å²) in [6.07, 6.45) is -4.63. The number of alkyl halides is 3. The lowest BCUT2D eigenvalue weighted by atomic mass is 10.1. The van der Waals surface area contributed by atoms with E-state index in [0.717, 1.165) is 6.07 Å². The Bertz CT molecular complexity index is 696. The van der Waals surface area contributed by atoms with Crippen LogP contribution in [0.15, 0.2) is 58.3 Å². The number of benzene rings is 2. The molecule has 7 heteroatoms. The maximum Gasteiger partial charge on any atom is 0.416 e. The third kappa shape index (κ3) is 3.30. The fourth-order valence-corrected chi connectivity index (χ4v) is 2.95. The highest BCUT2D eigenvalue weighted by Crippen LogP contribution is 2.32. The van der Waals surface area contributed by atoms with Crippen molar-refractivity contribution in [2.45, 2.75) is 16.0 Å². The number of carboxylic acids is 1. The molecule has 2 aromatic rings. The largest absolute Gasteiger partial charge is 0.478 e. The number of rotatable bonds is 3. The van der Waals surface area contributed by atoms with E-state index in [1.54, 1.807) is 18.2 Å². The van der Waals surface area contributed by atoms with Crippen molar-refractivity contribution in [1.82, 2.24) is 0 Å². The molecule has 2 aromatic carbocycles. The van der Waals surface area contributed by atoms with Crippen molar-refractivity contribution in [3.63, 3.8) is 0 Å². The first-order valence-corrected chi connectivity index (χ1v) is 6.87. The zero-order chi connectivity index (χ0) is 15.6. The molecule has 0 aliphatic rings. The van der Waals surface area contributed by atoms with Gasteiger partial charge in [0.05, 0.1) is 26.8 Å². The zero-order valence-electron chi connectivity index (χ0n) is 10.4. The Morgan fingerprint density at radius 2 is 1.67 bits per heavy atom. The topological polar surface area (TPSA) is 54.4 Å².